The number of nitrogens with one attached hydrogen (secondary N) is 2. The summed E-state index contributed by atoms with van der Waals surface area (Å²) in [6.07, 6.45) is 0. The van der Waals surface area contributed by atoms with E-state index >= 15 is 0 Å². The molecule has 0 aliphatic carbocycles. The molecule has 3 aromatic rings. The number of aromatic amines is 1. The highest BCUT2D eigenvalue weighted by atomic mass is 35.5. The third kappa shape index (κ3) is 2.21. The van der Waals surface area contributed by atoms with Gasteiger partial charge in [-0.2, -0.15) is 4.98 Å². The first-order valence-electron chi connectivity index (χ1n) is 6.15. The van der Waals surface area contributed by atoms with Crippen molar-refractivity contribution >= 4 is 34.4 Å². The fourth-order valence-corrected chi connectivity index (χ4v) is 2.18. The monoisotopic (exact) mass is 305 g/mol. The number of nitrogens with zero attached hydrogens (tertiary/aromatic N) is 3. The van der Waals surface area contributed by atoms with Crippen LogP contribution in [-0.4, -0.2) is 19.1 Å². The van der Waals surface area contributed by atoms with E-state index < -0.39 is 11.2 Å². The Labute approximate surface area is 123 Å². The fourth-order valence-electron chi connectivity index (χ4n) is 2.06. The van der Waals surface area contributed by atoms with Crippen molar-refractivity contribution in [2.45, 2.75) is 0 Å². The van der Waals surface area contributed by atoms with E-state index in [-0.39, 0.29) is 5.52 Å². The number of H-pyrrole nitrogens is 1. The zero-order chi connectivity index (χ0) is 15.1. The number of aryl methyl sites for hydroxylation is 1. The van der Waals surface area contributed by atoms with Crippen LogP contribution < -0.4 is 16.6 Å². The van der Waals surface area contributed by atoms with Crippen LogP contribution in [0.25, 0.3) is 11.2 Å². The van der Waals surface area contributed by atoms with Crippen LogP contribution in [0, 0.1) is 0 Å². The summed E-state index contributed by atoms with van der Waals surface area (Å²) in [6.45, 7) is 0. The van der Waals surface area contributed by atoms with E-state index in [4.69, 9.17) is 11.6 Å². The zero-order valence-corrected chi connectivity index (χ0v) is 12.1. The van der Waals surface area contributed by atoms with Gasteiger partial charge in [0.25, 0.3) is 5.56 Å². The Kier molecular flexibility index (Phi) is 3.06. The SMILES string of the molecule is Cn1c(=O)c2[nH]c(Nc3ccc(Cl)cc3)nc2n(C)c1=O. The van der Waals surface area contributed by atoms with Crippen molar-refractivity contribution in [3.8, 4) is 0 Å². The van der Waals surface area contributed by atoms with E-state index in [9.17, 15) is 9.59 Å². The largest absolute Gasteiger partial charge is 0.332 e. The Bertz CT molecular complexity index is 936. The highest BCUT2D eigenvalue weighted by Crippen LogP contribution is 2.18. The molecule has 8 heteroatoms. The standard InChI is InChI=1S/C13H12ClN5O2/c1-18-10-9(11(20)19(2)13(18)21)16-12(17-10)15-8-5-3-7(14)4-6-8/h3-6H,1-2H3,(H2,15,16,17). The summed E-state index contributed by atoms with van der Waals surface area (Å²) in [7, 11) is 2.99. The Balaban J connectivity index is 2.12. The maximum Gasteiger partial charge on any atom is 0.332 e. The number of hydrogen-bond acceptors (Lipinski definition) is 4. The van der Waals surface area contributed by atoms with E-state index in [1.54, 1.807) is 31.3 Å². The molecule has 7 nitrogen and oxygen atoms in total. The van der Waals surface area contributed by atoms with Crippen molar-refractivity contribution in [3.63, 3.8) is 0 Å². The van der Waals surface area contributed by atoms with Crippen molar-refractivity contribution < 1.29 is 0 Å². The molecule has 0 aliphatic rings. The predicted octanol–water partition coefficient (Wildman–Crippen LogP) is 1.36. The molecule has 0 saturated carbocycles. The Morgan fingerprint density at radius 3 is 2.48 bits per heavy atom. The van der Waals surface area contributed by atoms with Gasteiger partial charge in [-0.15, -0.1) is 0 Å². The molecule has 0 amide bonds. The molecule has 0 unspecified atom stereocenters. The molecule has 21 heavy (non-hydrogen) atoms. The van der Waals surface area contributed by atoms with E-state index in [0.29, 0.717) is 16.6 Å². The third-order valence-corrected chi connectivity index (χ3v) is 3.45. The first-order chi connectivity index (χ1) is 9.97. The van der Waals surface area contributed by atoms with Crippen molar-refractivity contribution in [1.82, 2.24) is 19.1 Å². The summed E-state index contributed by atoms with van der Waals surface area (Å²) < 4.78 is 2.35. The van der Waals surface area contributed by atoms with Gasteiger partial charge >= 0.3 is 5.69 Å². The molecular formula is C13H12ClN5O2. The van der Waals surface area contributed by atoms with Crippen molar-refractivity contribution in [1.29, 1.82) is 0 Å². The van der Waals surface area contributed by atoms with E-state index in [2.05, 4.69) is 15.3 Å². The van der Waals surface area contributed by atoms with Gasteiger partial charge in [0, 0.05) is 24.8 Å². The second-order valence-corrected chi connectivity index (χ2v) is 5.06. The Hall–Kier alpha value is -2.54. The van der Waals surface area contributed by atoms with Crippen molar-refractivity contribution in [2.75, 3.05) is 5.32 Å². The highest BCUT2D eigenvalue weighted by molar-refractivity contribution is 6.30. The van der Waals surface area contributed by atoms with Gasteiger partial charge in [-0.1, -0.05) is 11.6 Å². The molecule has 1 aromatic carbocycles. The first kappa shape index (κ1) is 13.4. The number of anilines is 2. The van der Waals surface area contributed by atoms with Crippen LogP contribution in [-0.2, 0) is 14.1 Å². The number of hydrogen-bond donors (Lipinski definition) is 2. The lowest BCUT2D eigenvalue weighted by Gasteiger charge is -2.01. The van der Waals surface area contributed by atoms with Crippen molar-refractivity contribution in [2.24, 2.45) is 14.1 Å². The fraction of sp³-hybridized carbons (Fsp3) is 0.154. The number of halogens is 1. The molecule has 0 spiro atoms. The summed E-state index contributed by atoms with van der Waals surface area (Å²) in [4.78, 5) is 31.0. The summed E-state index contributed by atoms with van der Waals surface area (Å²) in [6, 6.07) is 7.04. The van der Waals surface area contributed by atoms with Crippen LogP contribution in [0.1, 0.15) is 0 Å². The molecule has 2 heterocycles. The average Bonchev–Trinajstić information content (AvgIpc) is 2.89. The third-order valence-electron chi connectivity index (χ3n) is 3.20. The molecule has 3 rings (SSSR count). The topological polar surface area (TPSA) is 84.7 Å². The molecule has 0 fully saturated rings. The Morgan fingerprint density at radius 1 is 1.14 bits per heavy atom. The van der Waals surface area contributed by atoms with E-state index in [0.717, 1.165) is 10.3 Å². The van der Waals surface area contributed by atoms with Crippen LogP contribution in [0.4, 0.5) is 11.6 Å². The number of imidazole rings is 1. The van der Waals surface area contributed by atoms with Crippen LogP contribution in [0.2, 0.25) is 5.02 Å². The predicted molar refractivity (Wildman–Crippen MR) is 81.3 cm³/mol. The average molecular weight is 306 g/mol. The second kappa shape index (κ2) is 4.78. The molecule has 0 radical (unpaired) electrons. The molecule has 2 aromatic heterocycles. The van der Waals surface area contributed by atoms with Gasteiger partial charge in [-0.25, -0.2) is 4.79 Å². The lowest BCUT2D eigenvalue weighted by molar-refractivity contribution is 0.709. The van der Waals surface area contributed by atoms with Gasteiger partial charge in [0.05, 0.1) is 0 Å². The molecule has 0 bridgehead atoms. The number of aromatic nitrogens is 4. The maximum atomic E-state index is 12.0. The molecular weight excluding hydrogens is 294 g/mol. The summed E-state index contributed by atoms with van der Waals surface area (Å²) in [5.74, 6) is 0.380. The minimum atomic E-state index is -0.419. The van der Waals surface area contributed by atoms with Gasteiger partial charge < -0.3 is 10.3 Å². The highest BCUT2D eigenvalue weighted by Gasteiger charge is 2.13. The quantitative estimate of drug-likeness (QED) is 0.748. The normalized spacial score (nSPS) is 11.0. The first-order valence-corrected chi connectivity index (χ1v) is 6.53. The minimum absolute atomic E-state index is 0.274. The van der Waals surface area contributed by atoms with Gasteiger partial charge in [-0.3, -0.25) is 13.9 Å². The van der Waals surface area contributed by atoms with Crippen LogP contribution in [0.5, 0.6) is 0 Å². The van der Waals surface area contributed by atoms with Gasteiger partial charge in [0.1, 0.15) is 0 Å². The summed E-state index contributed by atoms with van der Waals surface area (Å²) in [5, 5.41) is 3.65. The lowest BCUT2D eigenvalue weighted by atomic mass is 10.3. The summed E-state index contributed by atoms with van der Waals surface area (Å²) >= 11 is 5.82. The molecule has 0 saturated heterocycles. The van der Waals surface area contributed by atoms with Gasteiger partial charge in [-0.05, 0) is 24.3 Å². The molecule has 2 N–H and O–H groups in total. The minimum Gasteiger partial charge on any atom is -0.326 e. The van der Waals surface area contributed by atoms with Crippen LogP contribution in [0.15, 0.2) is 33.9 Å². The summed E-state index contributed by atoms with van der Waals surface area (Å²) in [5.41, 5.74) is 0.512. The maximum absolute atomic E-state index is 12.0. The van der Waals surface area contributed by atoms with Gasteiger partial charge in [0.2, 0.25) is 5.95 Å². The van der Waals surface area contributed by atoms with E-state index in [1.807, 2.05) is 0 Å². The molecule has 0 atom stereocenters. The smallest absolute Gasteiger partial charge is 0.326 e. The molecule has 0 aliphatic heterocycles. The van der Waals surface area contributed by atoms with Crippen molar-refractivity contribution in [3.05, 3.63) is 50.1 Å². The van der Waals surface area contributed by atoms with E-state index in [1.165, 1.54) is 11.6 Å². The number of benzene rings is 1. The van der Waals surface area contributed by atoms with Gasteiger partial charge in [0.15, 0.2) is 11.2 Å². The van der Waals surface area contributed by atoms with Crippen LogP contribution >= 0.6 is 11.6 Å². The van der Waals surface area contributed by atoms with Crippen LogP contribution in [0.3, 0.4) is 0 Å². The molecule has 108 valence electrons. The number of rotatable bonds is 2. The lowest BCUT2D eigenvalue weighted by Crippen LogP contribution is -2.36. The number of fused-ring (bicyclic) bond motifs is 1. The zero-order valence-electron chi connectivity index (χ0n) is 11.3. The Morgan fingerprint density at radius 2 is 1.81 bits per heavy atom. The second-order valence-electron chi connectivity index (χ2n) is 4.62.